The van der Waals surface area contributed by atoms with Crippen LogP contribution in [0, 0.1) is 0 Å². The number of carbonyl (C=O) groups excluding carboxylic acids is 1. The van der Waals surface area contributed by atoms with E-state index in [4.69, 9.17) is 14.6 Å². The number of nitrogens with zero attached hydrogens (tertiary/aromatic N) is 1. The third kappa shape index (κ3) is 3.47. The van der Waals surface area contributed by atoms with Gasteiger partial charge in [0.1, 0.15) is 18.3 Å². The fourth-order valence-corrected chi connectivity index (χ4v) is 3.25. The van der Waals surface area contributed by atoms with E-state index in [9.17, 15) is 9.59 Å². The molecule has 1 atom stereocenters. The molecule has 0 radical (unpaired) electrons. The predicted molar refractivity (Wildman–Crippen MR) is 82.5 cm³/mol. The SMILES string of the molecule is O=C(O)CCN(C(=O)[C@H]1COc2ccccc21)C1CCOCC1. The van der Waals surface area contributed by atoms with Gasteiger partial charge in [0.25, 0.3) is 0 Å². The molecule has 6 heteroatoms. The fraction of sp³-hybridized carbons (Fsp3) is 0.529. The lowest BCUT2D eigenvalue weighted by atomic mass is 9.97. The van der Waals surface area contributed by atoms with Gasteiger partial charge in [-0.1, -0.05) is 18.2 Å². The van der Waals surface area contributed by atoms with Crippen LogP contribution in [0.3, 0.4) is 0 Å². The maximum Gasteiger partial charge on any atom is 0.305 e. The summed E-state index contributed by atoms with van der Waals surface area (Å²) in [6, 6.07) is 7.59. The van der Waals surface area contributed by atoms with Crippen LogP contribution in [0.1, 0.15) is 30.7 Å². The predicted octanol–water partition coefficient (Wildman–Crippen LogP) is 1.64. The Hall–Kier alpha value is -2.08. The molecule has 1 saturated heterocycles. The highest BCUT2D eigenvalue weighted by molar-refractivity contribution is 5.86. The zero-order chi connectivity index (χ0) is 16.2. The van der Waals surface area contributed by atoms with Gasteiger partial charge in [-0.2, -0.15) is 0 Å². The van der Waals surface area contributed by atoms with Gasteiger partial charge in [0.05, 0.1) is 6.42 Å². The minimum absolute atomic E-state index is 0.0388. The first-order chi connectivity index (χ1) is 11.2. The Morgan fingerprint density at radius 2 is 1.96 bits per heavy atom. The third-order valence-corrected chi connectivity index (χ3v) is 4.48. The van der Waals surface area contributed by atoms with Gasteiger partial charge >= 0.3 is 5.97 Å². The number of benzene rings is 1. The first-order valence-corrected chi connectivity index (χ1v) is 7.98. The van der Waals surface area contributed by atoms with E-state index in [-0.39, 0.29) is 30.8 Å². The highest BCUT2D eigenvalue weighted by Crippen LogP contribution is 2.35. The van der Waals surface area contributed by atoms with Crippen molar-refractivity contribution in [3.8, 4) is 5.75 Å². The van der Waals surface area contributed by atoms with Crippen molar-refractivity contribution in [2.24, 2.45) is 0 Å². The summed E-state index contributed by atoms with van der Waals surface area (Å²) in [5, 5.41) is 8.98. The van der Waals surface area contributed by atoms with Gasteiger partial charge in [0, 0.05) is 31.4 Å². The average Bonchev–Trinajstić information content (AvgIpc) is 2.99. The van der Waals surface area contributed by atoms with Crippen molar-refractivity contribution in [3.63, 3.8) is 0 Å². The van der Waals surface area contributed by atoms with Crippen molar-refractivity contribution in [2.45, 2.75) is 31.2 Å². The number of para-hydroxylation sites is 1. The minimum atomic E-state index is -0.891. The number of amides is 1. The van der Waals surface area contributed by atoms with Gasteiger partial charge in [-0.05, 0) is 18.9 Å². The molecule has 1 aromatic carbocycles. The Morgan fingerprint density at radius 3 is 2.70 bits per heavy atom. The summed E-state index contributed by atoms with van der Waals surface area (Å²) in [5.74, 6) is -0.528. The molecule has 23 heavy (non-hydrogen) atoms. The Bertz CT molecular complexity index is 582. The average molecular weight is 319 g/mol. The number of rotatable bonds is 5. The van der Waals surface area contributed by atoms with Crippen molar-refractivity contribution in [2.75, 3.05) is 26.4 Å². The highest BCUT2D eigenvalue weighted by Gasteiger charge is 2.36. The Labute approximate surface area is 135 Å². The molecule has 1 N–H and O–H groups in total. The van der Waals surface area contributed by atoms with Crippen molar-refractivity contribution in [1.82, 2.24) is 4.90 Å². The summed E-state index contributed by atoms with van der Waals surface area (Å²) in [4.78, 5) is 25.7. The molecular weight excluding hydrogens is 298 g/mol. The topological polar surface area (TPSA) is 76.1 Å². The molecule has 0 saturated carbocycles. The lowest BCUT2D eigenvalue weighted by molar-refractivity contribution is -0.141. The molecule has 1 amide bonds. The number of carboxylic acid groups (broad SMARTS) is 1. The lowest BCUT2D eigenvalue weighted by Gasteiger charge is -2.35. The first kappa shape index (κ1) is 15.8. The first-order valence-electron chi connectivity index (χ1n) is 7.98. The quantitative estimate of drug-likeness (QED) is 0.893. The summed E-state index contributed by atoms with van der Waals surface area (Å²) in [5.41, 5.74) is 0.893. The summed E-state index contributed by atoms with van der Waals surface area (Å²) >= 11 is 0. The van der Waals surface area contributed by atoms with Crippen LogP contribution in [-0.2, 0) is 14.3 Å². The number of carbonyl (C=O) groups is 2. The van der Waals surface area contributed by atoms with Gasteiger partial charge in [0.15, 0.2) is 0 Å². The molecule has 124 valence electrons. The van der Waals surface area contributed by atoms with E-state index in [1.807, 2.05) is 24.3 Å². The molecule has 3 rings (SSSR count). The maximum absolute atomic E-state index is 13.0. The van der Waals surface area contributed by atoms with Crippen molar-refractivity contribution >= 4 is 11.9 Å². The van der Waals surface area contributed by atoms with Crippen LogP contribution in [0.15, 0.2) is 24.3 Å². The fourth-order valence-electron chi connectivity index (χ4n) is 3.25. The molecule has 1 aromatic rings. The minimum Gasteiger partial charge on any atom is -0.492 e. The second kappa shape index (κ2) is 7.00. The summed E-state index contributed by atoms with van der Waals surface area (Å²) in [7, 11) is 0. The van der Waals surface area contributed by atoms with Gasteiger partial charge in [-0.25, -0.2) is 0 Å². The standard InChI is InChI=1S/C17H21NO5/c19-16(20)5-8-18(12-6-9-22-10-7-12)17(21)14-11-23-15-4-2-1-3-13(14)15/h1-4,12,14H,5-11H2,(H,19,20)/t14-/m0/s1. The normalized spacial score (nSPS) is 20.6. The van der Waals surface area contributed by atoms with Gasteiger partial charge < -0.3 is 19.5 Å². The molecule has 2 aliphatic rings. The van der Waals surface area contributed by atoms with E-state index in [1.165, 1.54) is 0 Å². The Balaban J connectivity index is 1.78. The second-order valence-electron chi connectivity index (χ2n) is 5.92. The van der Waals surface area contributed by atoms with E-state index in [0.717, 1.165) is 24.2 Å². The lowest BCUT2D eigenvalue weighted by Crippen LogP contribution is -2.46. The zero-order valence-electron chi connectivity index (χ0n) is 12.9. The van der Waals surface area contributed by atoms with Crippen LogP contribution < -0.4 is 4.74 Å². The molecule has 2 aliphatic heterocycles. The van der Waals surface area contributed by atoms with Crippen molar-refractivity contribution in [1.29, 1.82) is 0 Å². The van der Waals surface area contributed by atoms with Crippen molar-refractivity contribution in [3.05, 3.63) is 29.8 Å². The van der Waals surface area contributed by atoms with Crippen LogP contribution in [0.4, 0.5) is 0 Å². The number of hydrogen-bond donors (Lipinski definition) is 1. The van der Waals surface area contributed by atoms with Crippen molar-refractivity contribution < 1.29 is 24.2 Å². The van der Waals surface area contributed by atoms with Gasteiger partial charge in [0.2, 0.25) is 5.91 Å². The monoisotopic (exact) mass is 319 g/mol. The van der Waals surface area contributed by atoms with Crippen LogP contribution in [0.2, 0.25) is 0 Å². The Kier molecular flexibility index (Phi) is 4.81. The summed E-state index contributed by atoms with van der Waals surface area (Å²) < 4.78 is 11.0. The summed E-state index contributed by atoms with van der Waals surface area (Å²) in [6.45, 7) is 1.78. The summed E-state index contributed by atoms with van der Waals surface area (Å²) in [6.07, 6.45) is 1.46. The smallest absolute Gasteiger partial charge is 0.305 e. The van der Waals surface area contributed by atoms with Gasteiger partial charge in [-0.3, -0.25) is 9.59 Å². The molecular formula is C17H21NO5. The third-order valence-electron chi connectivity index (χ3n) is 4.48. The number of aliphatic carboxylic acids is 1. The molecule has 1 fully saturated rings. The number of fused-ring (bicyclic) bond motifs is 1. The molecule has 6 nitrogen and oxygen atoms in total. The Morgan fingerprint density at radius 1 is 1.22 bits per heavy atom. The molecule has 2 heterocycles. The number of hydrogen-bond acceptors (Lipinski definition) is 4. The van der Waals surface area contributed by atoms with E-state index < -0.39 is 5.97 Å². The van der Waals surface area contributed by atoms with Gasteiger partial charge in [-0.15, -0.1) is 0 Å². The second-order valence-corrected chi connectivity index (χ2v) is 5.92. The van der Waals surface area contributed by atoms with Crippen LogP contribution in [0.5, 0.6) is 5.75 Å². The molecule has 0 aliphatic carbocycles. The van der Waals surface area contributed by atoms with E-state index >= 15 is 0 Å². The molecule has 0 unspecified atom stereocenters. The zero-order valence-corrected chi connectivity index (χ0v) is 12.9. The van der Waals surface area contributed by atoms with E-state index in [2.05, 4.69) is 0 Å². The van der Waals surface area contributed by atoms with E-state index in [0.29, 0.717) is 19.8 Å². The molecule has 0 aromatic heterocycles. The number of carboxylic acids is 1. The molecule has 0 spiro atoms. The maximum atomic E-state index is 13.0. The van der Waals surface area contributed by atoms with Crippen LogP contribution >= 0.6 is 0 Å². The highest BCUT2D eigenvalue weighted by atomic mass is 16.5. The molecule has 0 bridgehead atoms. The van der Waals surface area contributed by atoms with Crippen LogP contribution in [-0.4, -0.2) is 54.3 Å². The largest absolute Gasteiger partial charge is 0.492 e. The number of ether oxygens (including phenoxy) is 2. The van der Waals surface area contributed by atoms with E-state index in [1.54, 1.807) is 4.90 Å². The van der Waals surface area contributed by atoms with Crippen LogP contribution in [0.25, 0.3) is 0 Å².